The Hall–Kier alpha value is -4.95. The summed E-state index contributed by atoms with van der Waals surface area (Å²) in [5.41, 5.74) is 0.319. The van der Waals surface area contributed by atoms with Gasteiger partial charge in [-0.25, -0.2) is 0 Å². The van der Waals surface area contributed by atoms with Crippen molar-refractivity contribution in [3.8, 4) is 35.8 Å². The van der Waals surface area contributed by atoms with Crippen LogP contribution in [0.1, 0.15) is 117 Å². The number of allylic oxidation sites excluding steroid dienone is 4. The number of fused-ring (bicyclic) bond motifs is 14. The van der Waals surface area contributed by atoms with Gasteiger partial charge >= 0.3 is 12.3 Å². The highest BCUT2D eigenvalue weighted by Gasteiger charge is 2.40. The van der Waals surface area contributed by atoms with Gasteiger partial charge in [0.1, 0.15) is 23.4 Å². The second-order valence-corrected chi connectivity index (χ2v) is 11.7. The van der Waals surface area contributed by atoms with E-state index in [0.717, 1.165) is 25.3 Å². The fourth-order valence-corrected chi connectivity index (χ4v) is 5.44. The molecule has 0 aliphatic carbocycles. The van der Waals surface area contributed by atoms with Gasteiger partial charge in [-0.05, 0) is 57.4 Å². The number of benzene rings is 2. The monoisotopic (exact) mass is 755 g/mol. The van der Waals surface area contributed by atoms with Crippen LogP contribution in [0, 0.1) is 31.6 Å². The summed E-state index contributed by atoms with van der Waals surface area (Å²) < 4.78 is 21.2. The molecule has 2 aromatic carbocycles. The predicted octanol–water partition coefficient (Wildman–Crippen LogP) is 9.90. The molecule has 0 radical (unpaired) electrons. The summed E-state index contributed by atoms with van der Waals surface area (Å²) in [6.07, 6.45) is 18.6. The predicted molar refractivity (Wildman–Crippen MR) is 218 cm³/mol. The Labute approximate surface area is 323 Å². The van der Waals surface area contributed by atoms with E-state index in [1.54, 1.807) is 39.4 Å². The van der Waals surface area contributed by atoms with Crippen molar-refractivity contribution in [1.29, 1.82) is 0 Å². The van der Waals surface area contributed by atoms with Crippen molar-refractivity contribution in [2.75, 3.05) is 19.5 Å². The molecule has 0 aromatic heterocycles. The normalized spacial score (nSPS) is 21.6. The number of esters is 1. The average Bonchev–Trinajstić information content (AvgIpc) is 3.49. The third-order valence-corrected chi connectivity index (χ3v) is 7.95. The molecule has 0 fully saturated rings. The first-order chi connectivity index (χ1) is 25.8. The van der Waals surface area contributed by atoms with Crippen molar-refractivity contribution < 1.29 is 48.7 Å². The van der Waals surface area contributed by atoms with E-state index < -0.39 is 35.2 Å². The summed E-state index contributed by atoms with van der Waals surface area (Å²) in [4.78, 5) is 38.0. The summed E-state index contributed by atoms with van der Waals surface area (Å²) in [5.74, 6) is -2.45. The van der Waals surface area contributed by atoms with Crippen molar-refractivity contribution in [2.45, 2.75) is 121 Å². The zero-order chi connectivity index (χ0) is 42.1. The van der Waals surface area contributed by atoms with Crippen molar-refractivity contribution >= 4 is 34.1 Å². The quantitative estimate of drug-likeness (QED) is 0.0954. The number of hydrogen-bond acceptors (Lipinski definition) is 10. The maximum absolute atomic E-state index is 13.4. The van der Waals surface area contributed by atoms with Gasteiger partial charge in [-0.2, -0.15) is 0 Å². The van der Waals surface area contributed by atoms with Crippen LogP contribution in [0.15, 0.2) is 42.2 Å². The molecule has 3 aliphatic rings. The first kappa shape index (κ1) is 51.2. The van der Waals surface area contributed by atoms with E-state index >= 15 is 0 Å². The number of phenols is 3. The zero-order valence-electron chi connectivity index (χ0n) is 34.7. The van der Waals surface area contributed by atoms with E-state index in [1.807, 2.05) is 47.6 Å². The van der Waals surface area contributed by atoms with Crippen LogP contribution in [-0.4, -0.2) is 59.6 Å². The number of aromatic hydroxyl groups is 3. The van der Waals surface area contributed by atoms with Crippen molar-refractivity contribution in [2.24, 2.45) is 11.8 Å². The van der Waals surface area contributed by atoms with Gasteiger partial charge in [-0.3, -0.25) is 14.4 Å². The molecule has 11 nitrogen and oxygen atoms in total. The molecular weight excluding hydrogens is 690 g/mol. The number of ketones is 1. The Balaban J connectivity index is 0. The fourth-order valence-electron chi connectivity index (χ4n) is 5.44. The fraction of sp³-hybridized carbons (Fsp3) is 0.512. The van der Waals surface area contributed by atoms with Crippen molar-refractivity contribution in [1.82, 2.24) is 0 Å². The summed E-state index contributed by atoms with van der Waals surface area (Å²) in [7, 11) is 3.25. The molecule has 4 atom stereocenters. The van der Waals surface area contributed by atoms with E-state index in [9.17, 15) is 29.7 Å². The Kier molecular flexibility index (Phi) is 26.2. The molecule has 0 saturated heterocycles. The average molecular weight is 756 g/mol. The molecule has 5 bridgehead atoms. The molecule has 302 valence electrons. The Morgan fingerprint density at radius 1 is 0.926 bits per heavy atom. The number of methoxy groups -OCH3 is 1. The first-order valence-electron chi connectivity index (χ1n) is 18.6. The molecule has 0 saturated carbocycles. The zero-order valence-corrected chi connectivity index (χ0v) is 34.7. The van der Waals surface area contributed by atoms with Crippen LogP contribution < -0.4 is 10.1 Å². The minimum Gasteiger partial charge on any atom is -0.507 e. The standard InChI is InChI=1S/C33H39NO9.C2H6O.3C2H6.C2H2/c1-17-10-8-12-18(2)24(42-21(5)35)14-6-7-15-41-33-30(39)27-25-23(36)16-22(34-32(40)19(3)13-9-11-17)29(38)26(25)28(37)20(4)31(27)43-33;1-3-2;4*1-2/h7,9,11,13,15-18,24,33,36-38H,6,8,10,12,14H2,1-5H3,(H,34,40);1-2H3;3*1-2H3;1-2H/b11-9+,15-7+,19-13-;;;;;/t17-,18-,24-,33+;;;;;/m1...../s1. The molecule has 3 aliphatic heterocycles. The lowest BCUT2D eigenvalue weighted by molar-refractivity contribution is -0.149. The molecular formula is C43H65NO10. The highest BCUT2D eigenvalue weighted by Crippen LogP contribution is 2.52. The van der Waals surface area contributed by atoms with Gasteiger partial charge in [0.15, 0.2) is 5.75 Å². The number of rotatable bonds is 1. The van der Waals surface area contributed by atoms with Gasteiger partial charge in [0, 0.05) is 43.7 Å². The molecule has 2 aromatic rings. The van der Waals surface area contributed by atoms with Crippen LogP contribution in [0.25, 0.3) is 10.8 Å². The molecule has 0 unspecified atom stereocenters. The number of nitrogens with one attached hydrogen (secondary N) is 1. The van der Waals surface area contributed by atoms with Crippen LogP contribution in [0.5, 0.6) is 23.0 Å². The number of Topliss-reactive ketones (excluding diaryl/α,β-unsaturated/α-hetero) is 1. The molecule has 1 amide bonds. The second kappa shape index (κ2) is 27.6. The van der Waals surface area contributed by atoms with Gasteiger partial charge in [0.05, 0.1) is 22.9 Å². The van der Waals surface area contributed by atoms with Gasteiger partial charge in [0.25, 0.3) is 5.91 Å². The summed E-state index contributed by atoms with van der Waals surface area (Å²) in [6, 6.07) is 1.12. The smallest absolute Gasteiger partial charge is 0.304 e. The van der Waals surface area contributed by atoms with E-state index in [-0.39, 0.29) is 57.2 Å². The van der Waals surface area contributed by atoms with Gasteiger partial charge in [-0.15, -0.1) is 12.8 Å². The lowest BCUT2D eigenvalue weighted by Gasteiger charge is -2.23. The van der Waals surface area contributed by atoms with Crippen LogP contribution in [-0.2, 0) is 23.8 Å². The van der Waals surface area contributed by atoms with Gasteiger partial charge in [0.2, 0.25) is 5.78 Å². The molecule has 5 rings (SSSR count). The number of ether oxygens (including phenoxy) is 4. The van der Waals surface area contributed by atoms with Crippen LogP contribution in [0.3, 0.4) is 0 Å². The highest BCUT2D eigenvalue weighted by molar-refractivity contribution is 6.20. The number of phenolic OH excluding ortho intramolecular Hbond substituents is 3. The largest absolute Gasteiger partial charge is 0.507 e. The minimum atomic E-state index is -1.38. The third-order valence-electron chi connectivity index (χ3n) is 7.95. The van der Waals surface area contributed by atoms with Crippen LogP contribution in [0.2, 0.25) is 0 Å². The van der Waals surface area contributed by atoms with Crippen molar-refractivity contribution in [3.63, 3.8) is 0 Å². The number of carbonyl (C=O) groups is 3. The maximum Gasteiger partial charge on any atom is 0.304 e. The Morgan fingerprint density at radius 3 is 2.09 bits per heavy atom. The number of carbonyl (C=O) groups excluding carboxylic acids is 3. The topological polar surface area (TPSA) is 161 Å². The summed E-state index contributed by atoms with van der Waals surface area (Å²) >= 11 is 0. The van der Waals surface area contributed by atoms with E-state index in [4.69, 9.17) is 14.2 Å². The summed E-state index contributed by atoms with van der Waals surface area (Å²) in [6.45, 7) is 20.7. The first-order valence-corrected chi connectivity index (χ1v) is 18.6. The van der Waals surface area contributed by atoms with E-state index in [0.29, 0.717) is 18.4 Å². The van der Waals surface area contributed by atoms with Crippen LogP contribution >= 0.6 is 0 Å². The maximum atomic E-state index is 13.4. The van der Waals surface area contributed by atoms with Gasteiger partial charge < -0.3 is 39.6 Å². The lowest BCUT2D eigenvalue weighted by atomic mass is 9.92. The van der Waals surface area contributed by atoms with E-state index in [2.05, 4.69) is 36.7 Å². The lowest BCUT2D eigenvalue weighted by Crippen LogP contribution is -2.24. The third kappa shape index (κ3) is 14.5. The number of terminal acetylenes is 1. The minimum absolute atomic E-state index is 0.0222. The molecule has 11 heteroatoms. The van der Waals surface area contributed by atoms with E-state index in [1.165, 1.54) is 20.1 Å². The molecule has 54 heavy (non-hydrogen) atoms. The summed E-state index contributed by atoms with van der Waals surface area (Å²) in [5, 5.41) is 35.3. The van der Waals surface area contributed by atoms with Crippen LogP contribution in [0.4, 0.5) is 5.69 Å². The number of amides is 1. The second-order valence-electron chi connectivity index (χ2n) is 11.7. The SMILES string of the molecule is C#C.CC.CC.CC.CC(=O)O[C@@H]1CC/C=C/O[C@H]2Oc3c(C)c(O)c4c(O)c(cc(O)c4c3C2=O)NC(=O)/C(C)=C\C=C\[C@H](C)CCC[C@H]1C.COC. The van der Waals surface area contributed by atoms with Crippen molar-refractivity contribution in [3.05, 3.63) is 53.3 Å². The Morgan fingerprint density at radius 2 is 1.52 bits per heavy atom. The van der Waals surface area contributed by atoms with Gasteiger partial charge in [-0.1, -0.05) is 80.0 Å². The molecule has 0 spiro atoms. The highest BCUT2D eigenvalue weighted by atomic mass is 16.7. The molecule has 3 heterocycles. The molecule has 4 N–H and O–H groups in total. The Bertz CT molecular complexity index is 1590. The number of hydrogen-bond donors (Lipinski definition) is 4. The number of anilines is 1.